The molecule has 0 N–H and O–H groups in total. The Balaban J connectivity index is 1.10. The largest absolute Gasteiger partial charge is 0.438 e. The van der Waals surface area contributed by atoms with Crippen molar-refractivity contribution >= 4 is 5.97 Å². The van der Waals surface area contributed by atoms with Crippen LogP contribution in [0.3, 0.4) is 0 Å². The molecule has 1 saturated heterocycles. The van der Waals surface area contributed by atoms with Crippen LogP contribution in [0.15, 0.2) is 12.2 Å². The number of carbonyl (C=O) groups is 1. The highest BCUT2D eigenvalue weighted by Gasteiger charge is 2.51. The molecule has 6 bridgehead atoms. The van der Waals surface area contributed by atoms with Gasteiger partial charge in [-0.2, -0.15) is 0 Å². The maximum Gasteiger partial charge on any atom is 0.314 e. The Labute approximate surface area is 137 Å². The third kappa shape index (κ3) is 2.54. The summed E-state index contributed by atoms with van der Waals surface area (Å²) in [6.07, 6.45) is 13.2. The fourth-order valence-electron chi connectivity index (χ4n) is 6.44. The lowest BCUT2D eigenvalue weighted by atomic mass is 9.50. The van der Waals surface area contributed by atoms with E-state index < -0.39 is 0 Å². The number of hydrogen-bond acceptors (Lipinski definition) is 4. The standard InChI is InChI=1S/C19H26O4/c20-18(16-6-15-1-2-17(16)23-15)22-11-21-10-19-7-12-3-13(8-19)5-14(4-12)9-19/h1-2,12-17H,3-11H2. The zero-order chi connectivity index (χ0) is 15.4. The van der Waals surface area contributed by atoms with Gasteiger partial charge in [0.15, 0.2) is 6.79 Å². The molecule has 2 heterocycles. The first-order valence-electron chi connectivity index (χ1n) is 9.27. The van der Waals surface area contributed by atoms with Gasteiger partial charge < -0.3 is 14.2 Å². The second-order valence-corrected chi connectivity index (χ2v) is 8.71. The normalized spacial score (nSPS) is 49.0. The highest BCUT2D eigenvalue weighted by atomic mass is 16.7. The van der Waals surface area contributed by atoms with Gasteiger partial charge in [0.1, 0.15) is 0 Å². The summed E-state index contributed by atoms with van der Waals surface area (Å²) in [5.74, 6) is 2.52. The first-order chi connectivity index (χ1) is 11.2. The molecule has 4 heteroatoms. The summed E-state index contributed by atoms with van der Waals surface area (Å²) in [6, 6.07) is 0. The van der Waals surface area contributed by atoms with Crippen molar-refractivity contribution in [2.45, 2.75) is 57.2 Å². The van der Waals surface area contributed by atoms with Gasteiger partial charge in [-0.3, -0.25) is 4.79 Å². The Morgan fingerprint density at radius 1 is 1.04 bits per heavy atom. The van der Waals surface area contributed by atoms with E-state index in [-0.39, 0.29) is 30.9 Å². The third-order valence-corrected chi connectivity index (χ3v) is 6.89. The van der Waals surface area contributed by atoms with Gasteiger partial charge in [-0.1, -0.05) is 12.2 Å². The molecule has 4 saturated carbocycles. The van der Waals surface area contributed by atoms with Gasteiger partial charge in [0, 0.05) is 0 Å². The highest BCUT2D eigenvalue weighted by molar-refractivity contribution is 5.74. The zero-order valence-electron chi connectivity index (χ0n) is 13.6. The summed E-state index contributed by atoms with van der Waals surface area (Å²) in [5, 5.41) is 0. The van der Waals surface area contributed by atoms with Crippen LogP contribution in [0, 0.1) is 29.1 Å². The summed E-state index contributed by atoms with van der Waals surface area (Å²) in [7, 11) is 0. The Hall–Kier alpha value is -0.870. The van der Waals surface area contributed by atoms with Crippen LogP contribution in [0.2, 0.25) is 0 Å². The summed E-state index contributed by atoms with van der Waals surface area (Å²) in [6.45, 7) is 0.884. The van der Waals surface area contributed by atoms with Gasteiger partial charge in [0.25, 0.3) is 0 Å². The molecule has 126 valence electrons. The lowest BCUT2D eigenvalue weighted by molar-refractivity contribution is -0.171. The Morgan fingerprint density at radius 2 is 1.74 bits per heavy atom. The summed E-state index contributed by atoms with van der Waals surface area (Å²) >= 11 is 0. The van der Waals surface area contributed by atoms with Crippen molar-refractivity contribution in [3.8, 4) is 0 Å². The summed E-state index contributed by atoms with van der Waals surface area (Å²) < 4.78 is 16.8. The fraction of sp³-hybridized carbons (Fsp3) is 0.842. The molecule has 4 aliphatic carbocycles. The van der Waals surface area contributed by atoms with Crippen molar-refractivity contribution in [3.63, 3.8) is 0 Å². The van der Waals surface area contributed by atoms with E-state index >= 15 is 0 Å². The molecule has 3 atom stereocenters. The minimum Gasteiger partial charge on any atom is -0.438 e. The van der Waals surface area contributed by atoms with Crippen LogP contribution in [0.1, 0.15) is 44.9 Å². The smallest absolute Gasteiger partial charge is 0.314 e. The first-order valence-corrected chi connectivity index (χ1v) is 9.27. The SMILES string of the molecule is O=C(OCOCC12CC3CC(CC(C3)C1)C2)C1CC2C=CC1O2. The highest BCUT2D eigenvalue weighted by Crippen LogP contribution is 2.60. The molecule has 5 fully saturated rings. The average molecular weight is 318 g/mol. The molecule has 2 aliphatic heterocycles. The molecule has 6 aliphatic rings. The fourth-order valence-corrected chi connectivity index (χ4v) is 6.44. The number of rotatable bonds is 5. The number of carbonyl (C=O) groups excluding carboxylic acids is 1. The summed E-state index contributed by atoms with van der Waals surface area (Å²) in [4.78, 5) is 12.1. The van der Waals surface area contributed by atoms with Crippen molar-refractivity contribution < 1.29 is 19.0 Å². The van der Waals surface area contributed by atoms with Crippen molar-refractivity contribution in [2.75, 3.05) is 13.4 Å². The lowest BCUT2D eigenvalue weighted by Crippen LogP contribution is -2.48. The first kappa shape index (κ1) is 14.5. The molecule has 0 aromatic heterocycles. The van der Waals surface area contributed by atoms with E-state index in [9.17, 15) is 4.79 Å². The molecule has 3 unspecified atom stereocenters. The molecule has 6 rings (SSSR count). The van der Waals surface area contributed by atoms with E-state index in [4.69, 9.17) is 14.2 Å². The predicted molar refractivity (Wildman–Crippen MR) is 83.4 cm³/mol. The third-order valence-electron chi connectivity index (χ3n) is 6.89. The summed E-state index contributed by atoms with van der Waals surface area (Å²) in [5.41, 5.74) is 0.388. The molecular weight excluding hydrogens is 292 g/mol. The molecule has 4 nitrogen and oxygen atoms in total. The van der Waals surface area contributed by atoms with Crippen LogP contribution in [-0.4, -0.2) is 31.6 Å². The number of esters is 1. The van der Waals surface area contributed by atoms with Crippen LogP contribution < -0.4 is 0 Å². The average Bonchev–Trinajstić information content (AvgIpc) is 3.13. The topological polar surface area (TPSA) is 44.8 Å². The van der Waals surface area contributed by atoms with Crippen LogP contribution >= 0.6 is 0 Å². The minimum atomic E-state index is -0.160. The van der Waals surface area contributed by atoms with Crippen molar-refractivity contribution in [1.82, 2.24) is 0 Å². The van der Waals surface area contributed by atoms with Gasteiger partial charge in [-0.25, -0.2) is 0 Å². The van der Waals surface area contributed by atoms with Crippen LogP contribution in [-0.2, 0) is 19.0 Å². The zero-order valence-corrected chi connectivity index (χ0v) is 13.6. The van der Waals surface area contributed by atoms with Crippen LogP contribution in [0.4, 0.5) is 0 Å². The number of ether oxygens (including phenoxy) is 3. The van der Waals surface area contributed by atoms with Gasteiger partial charge in [-0.15, -0.1) is 0 Å². The molecule has 0 aromatic carbocycles. The molecule has 0 radical (unpaired) electrons. The Bertz CT molecular complexity index is 490. The molecule has 0 amide bonds. The van der Waals surface area contributed by atoms with Crippen LogP contribution in [0.5, 0.6) is 0 Å². The van der Waals surface area contributed by atoms with E-state index in [1.54, 1.807) is 0 Å². The van der Waals surface area contributed by atoms with E-state index in [1.165, 1.54) is 38.5 Å². The number of fused-ring (bicyclic) bond motifs is 2. The maximum absolute atomic E-state index is 12.1. The lowest BCUT2D eigenvalue weighted by Gasteiger charge is -2.56. The monoisotopic (exact) mass is 318 g/mol. The second kappa shape index (κ2) is 5.32. The van der Waals surface area contributed by atoms with Crippen molar-refractivity contribution in [2.24, 2.45) is 29.1 Å². The molecule has 0 spiro atoms. The van der Waals surface area contributed by atoms with Crippen molar-refractivity contribution in [1.29, 1.82) is 0 Å². The molecule has 0 aromatic rings. The van der Waals surface area contributed by atoms with E-state index in [0.717, 1.165) is 30.8 Å². The Kier molecular flexibility index (Phi) is 3.35. The molecule has 23 heavy (non-hydrogen) atoms. The molecular formula is C19H26O4. The van der Waals surface area contributed by atoms with Crippen molar-refractivity contribution in [3.05, 3.63) is 12.2 Å². The van der Waals surface area contributed by atoms with Gasteiger partial charge in [0.2, 0.25) is 0 Å². The second-order valence-electron chi connectivity index (χ2n) is 8.71. The predicted octanol–water partition coefficient (Wildman–Crippen LogP) is 3.06. The quantitative estimate of drug-likeness (QED) is 0.338. The van der Waals surface area contributed by atoms with Gasteiger partial charge in [-0.05, 0) is 68.1 Å². The van der Waals surface area contributed by atoms with Crippen LogP contribution in [0.25, 0.3) is 0 Å². The maximum atomic E-state index is 12.1. The Morgan fingerprint density at radius 3 is 2.30 bits per heavy atom. The minimum absolute atomic E-state index is 0.0735. The van der Waals surface area contributed by atoms with Gasteiger partial charge >= 0.3 is 5.97 Å². The van der Waals surface area contributed by atoms with E-state index in [2.05, 4.69) is 0 Å². The van der Waals surface area contributed by atoms with E-state index in [0.29, 0.717) is 5.41 Å². The van der Waals surface area contributed by atoms with Gasteiger partial charge in [0.05, 0.1) is 24.7 Å². The number of hydrogen-bond donors (Lipinski definition) is 0. The van der Waals surface area contributed by atoms with E-state index in [1.807, 2.05) is 12.2 Å².